The molecule has 1 N–H and O–H groups in total. The molecule has 1 atom stereocenters. The van der Waals surface area contributed by atoms with Crippen molar-refractivity contribution in [1.82, 2.24) is 10.2 Å². The molecule has 2 fully saturated rings. The van der Waals surface area contributed by atoms with E-state index in [4.69, 9.17) is 0 Å². The molecule has 4 nitrogen and oxygen atoms in total. The van der Waals surface area contributed by atoms with Gasteiger partial charge in [-0.1, -0.05) is 41.6 Å². The molecule has 0 bridgehead atoms. The van der Waals surface area contributed by atoms with Crippen molar-refractivity contribution in [2.24, 2.45) is 5.92 Å². The van der Waals surface area contributed by atoms with Gasteiger partial charge in [0.1, 0.15) is 0 Å². The molecule has 2 aliphatic rings. The molecule has 1 aliphatic heterocycles. The summed E-state index contributed by atoms with van der Waals surface area (Å²) in [5, 5.41) is 3.27. The Morgan fingerprint density at radius 3 is 2.68 bits per heavy atom. The molecule has 1 aromatic rings. The number of amides is 2. The van der Waals surface area contributed by atoms with Crippen molar-refractivity contribution in [2.75, 3.05) is 18.8 Å². The first kappa shape index (κ1) is 15.4. The maximum Gasteiger partial charge on any atom is 0.281 e. The first-order valence-corrected chi connectivity index (χ1v) is 8.89. The summed E-state index contributed by atoms with van der Waals surface area (Å²) in [6, 6.07) is 8.53. The molecule has 1 saturated carbocycles. The summed E-state index contributed by atoms with van der Waals surface area (Å²) in [7, 11) is 0. The van der Waals surface area contributed by atoms with E-state index in [1.165, 1.54) is 35.7 Å². The van der Waals surface area contributed by atoms with Crippen LogP contribution in [0.3, 0.4) is 0 Å². The number of nitrogens with one attached hydrogen (secondary N) is 1. The highest BCUT2D eigenvalue weighted by atomic mass is 32.2. The zero-order valence-electron chi connectivity index (χ0n) is 12.9. The third kappa shape index (κ3) is 3.83. The van der Waals surface area contributed by atoms with Gasteiger partial charge in [0, 0.05) is 25.3 Å². The van der Waals surface area contributed by atoms with Crippen LogP contribution in [-0.4, -0.2) is 34.9 Å². The number of aryl methyl sites for hydroxylation is 1. The Morgan fingerprint density at radius 1 is 1.36 bits per heavy atom. The number of carbonyl (C=O) groups is 2. The van der Waals surface area contributed by atoms with Crippen molar-refractivity contribution in [3.05, 3.63) is 35.4 Å². The standard InChI is InChI=1S/C17H22N2O2S/c1-12-2-4-13(5-3-12)16(14-6-7-14)18-15(20)8-9-19-10-11-22-17(19)21/h2-5,14,16H,6-11H2,1H3,(H,18,20). The Kier molecular flexibility index (Phi) is 4.71. The Hall–Kier alpha value is -1.49. The van der Waals surface area contributed by atoms with Gasteiger partial charge in [0.2, 0.25) is 5.91 Å². The van der Waals surface area contributed by atoms with Crippen LogP contribution in [0.25, 0.3) is 0 Å². The highest BCUT2D eigenvalue weighted by Gasteiger charge is 2.33. The SMILES string of the molecule is Cc1ccc(C(NC(=O)CCN2CCSC2=O)C2CC2)cc1. The van der Waals surface area contributed by atoms with Crippen LogP contribution < -0.4 is 5.32 Å². The summed E-state index contributed by atoms with van der Waals surface area (Å²) in [4.78, 5) is 25.5. The van der Waals surface area contributed by atoms with E-state index < -0.39 is 0 Å². The lowest BCUT2D eigenvalue weighted by molar-refractivity contribution is -0.122. The third-order valence-corrected chi connectivity index (χ3v) is 5.19. The van der Waals surface area contributed by atoms with E-state index >= 15 is 0 Å². The molecule has 1 saturated heterocycles. The topological polar surface area (TPSA) is 49.4 Å². The molecule has 1 heterocycles. The van der Waals surface area contributed by atoms with Crippen LogP contribution in [0.1, 0.15) is 36.4 Å². The highest BCUT2D eigenvalue weighted by Crippen LogP contribution is 2.41. The van der Waals surface area contributed by atoms with Crippen molar-refractivity contribution in [1.29, 1.82) is 0 Å². The minimum absolute atomic E-state index is 0.0437. The monoisotopic (exact) mass is 318 g/mol. The van der Waals surface area contributed by atoms with Crippen molar-refractivity contribution in [3.8, 4) is 0 Å². The van der Waals surface area contributed by atoms with E-state index in [0.717, 1.165) is 12.3 Å². The van der Waals surface area contributed by atoms with Gasteiger partial charge in [-0.2, -0.15) is 0 Å². The zero-order valence-corrected chi connectivity index (χ0v) is 13.7. The van der Waals surface area contributed by atoms with Gasteiger partial charge >= 0.3 is 0 Å². The summed E-state index contributed by atoms with van der Waals surface area (Å²) >= 11 is 1.34. The maximum atomic E-state index is 12.2. The molecule has 1 unspecified atom stereocenters. The highest BCUT2D eigenvalue weighted by molar-refractivity contribution is 8.13. The minimum Gasteiger partial charge on any atom is -0.349 e. The zero-order chi connectivity index (χ0) is 15.5. The second-order valence-electron chi connectivity index (χ2n) is 6.14. The second-order valence-corrected chi connectivity index (χ2v) is 7.19. The van der Waals surface area contributed by atoms with Gasteiger partial charge in [0.15, 0.2) is 0 Å². The predicted molar refractivity (Wildman–Crippen MR) is 88.8 cm³/mol. The van der Waals surface area contributed by atoms with Gasteiger partial charge in [-0.05, 0) is 31.2 Å². The molecule has 1 aromatic carbocycles. The molecule has 5 heteroatoms. The van der Waals surface area contributed by atoms with E-state index in [0.29, 0.717) is 18.9 Å². The summed E-state index contributed by atoms with van der Waals surface area (Å²) in [5.74, 6) is 1.45. The lowest BCUT2D eigenvalue weighted by Crippen LogP contribution is -2.33. The van der Waals surface area contributed by atoms with E-state index in [1.54, 1.807) is 4.90 Å². The van der Waals surface area contributed by atoms with Crippen molar-refractivity contribution in [3.63, 3.8) is 0 Å². The fraction of sp³-hybridized carbons (Fsp3) is 0.529. The molecule has 2 amide bonds. The van der Waals surface area contributed by atoms with Gasteiger partial charge < -0.3 is 10.2 Å². The normalized spacial score (nSPS) is 19.3. The number of thioether (sulfide) groups is 1. The molecule has 22 heavy (non-hydrogen) atoms. The Morgan fingerprint density at radius 2 is 2.09 bits per heavy atom. The Balaban J connectivity index is 1.55. The van der Waals surface area contributed by atoms with Gasteiger partial charge in [0.25, 0.3) is 5.24 Å². The molecule has 0 radical (unpaired) electrons. The molecule has 118 valence electrons. The molecule has 0 spiro atoms. The van der Waals surface area contributed by atoms with Gasteiger partial charge in [-0.15, -0.1) is 0 Å². The Labute approximate surface area is 135 Å². The smallest absolute Gasteiger partial charge is 0.281 e. The quantitative estimate of drug-likeness (QED) is 0.877. The summed E-state index contributed by atoms with van der Waals surface area (Å²) in [6.07, 6.45) is 2.75. The number of benzene rings is 1. The van der Waals surface area contributed by atoms with Crippen LogP contribution in [0.2, 0.25) is 0 Å². The fourth-order valence-corrected chi connectivity index (χ4v) is 3.64. The van der Waals surface area contributed by atoms with Crippen LogP contribution in [-0.2, 0) is 4.79 Å². The van der Waals surface area contributed by atoms with Crippen LogP contribution in [0, 0.1) is 12.8 Å². The van der Waals surface area contributed by atoms with Crippen molar-refractivity contribution >= 4 is 22.9 Å². The fourth-order valence-electron chi connectivity index (χ4n) is 2.79. The van der Waals surface area contributed by atoms with Crippen LogP contribution in [0.15, 0.2) is 24.3 Å². The maximum absolute atomic E-state index is 12.2. The molecule has 3 rings (SSSR count). The molecular weight excluding hydrogens is 296 g/mol. The summed E-state index contributed by atoms with van der Waals surface area (Å²) < 4.78 is 0. The Bertz CT molecular complexity index is 554. The second kappa shape index (κ2) is 6.73. The van der Waals surface area contributed by atoms with E-state index in [2.05, 4.69) is 36.5 Å². The number of hydrogen-bond acceptors (Lipinski definition) is 3. The largest absolute Gasteiger partial charge is 0.349 e. The van der Waals surface area contributed by atoms with E-state index in [9.17, 15) is 9.59 Å². The number of rotatable bonds is 6. The molecule has 0 aromatic heterocycles. The average molecular weight is 318 g/mol. The van der Waals surface area contributed by atoms with Crippen molar-refractivity contribution in [2.45, 2.75) is 32.2 Å². The van der Waals surface area contributed by atoms with Crippen LogP contribution >= 0.6 is 11.8 Å². The van der Waals surface area contributed by atoms with Gasteiger partial charge in [0.05, 0.1) is 6.04 Å². The summed E-state index contributed by atoms with van der Waals surface area (Å²) in [5.41, 5.74) is 2.42. The van der Waals surface area contributed by atoms with Crippen LogP contribution in [0.5, 0.6) is 0 Å². The number of nitrogens with zero attached hydrogens (tertiary/aromatic N) is 1. The van der Waals surface area contributed by atoms with Crippen LogP contribution in [0.4, 0.5) is 4.79 Å². The number of carbonyl (C=O) groups excluding carboxylic acids is 2. The first-order chi connectivity index (χ1) is 10.6. The van der Waals surface area contributed by atoms with E-state index in [-0.39, 0.29) is 17.2 Å². The third-order valence-electron chi connectivity index (χ3n) is 4.30. The molecule has 1 aliphatic carbocycles. The van der Waals surface area contributed by atoms with Gasteiger partial charge in [-0.25, -0.2) is 0 Å². The molecular formula is C17H22N2O2S. The minimum atomic E-state index is 0.0437. The number of hydrogen-bond donors (Lipinski definition) is 1. The summed E-state index contributed by atoms with van der Waals surface area (Å²) in [6.45, 7) is 3.36. The lowest BCUT2D eigenvalue weighted by atomic mass is 10.0. The average Bonchev–Trinajstić information content (AvgIpc) is 3.26. The van der Waals surface area contributed by atoms with Gasteiger partial charge in [-0.3, -0.25) is 9.59 Å². The first-order valence-electron chi connectivity index (χ1n) is 7.91. The predicted octanol–water partition coefficient (Wildman–Crippen LogP) is 3.12. The lowest BCUT2D eigenvalue weighted by Gasteiger charge is -2.20. The van der Waals surface area contributed by atoms with Crippen molar-refractivity contribution < 1.29 is 9.59 Å². The van der Waals surface area contributed by atoms with E-state index in [1.807, 2.05) is 0 Å².